The molecule has 0 aliphatic rings. The van der Waals surface area contributed by atoms with E-state index in [4.69, 9.17) is 0 Å². The molecule has 2 unspecified atom stereocenters. The monoisotopic (exact) mass is 193 g/mol. The van der Waals surface area contributed by atoms with Crippen molar-refractivity contribution in [3.63, 3.8) is 0 Å². The predicted octanol–water partition coefficient (Wildman–Crippen LogP) is 3.06. The summed E-state index contributed by atoms with van der Waals surface area (Å²) < 4.78 is 24.9. The molecule has 0 saturated carbocycles. The topological polar surface area (TPSA) is 12.0 Å². The quantitative estimate of drug-likeness (QED) is 0.655. The van der Waals surface area contributed by atoms with Crippen molar-refractivity contribution in [3.05, 3.63) is 0 Å². The molecule has 0 aromatic heterocycles. The fourth-order valence-corrected chi connectivity index (χ4v) is 1.21. The van der Waals surface area contributed by atoms with Crippen LogP contribution in [0.5, 0.6) is 0 Å². The van der Waals surface area contributed by atoms with E-state index in [2.05, 4.69) is 5.32 Å². The third-order valence-electron chi connectivity index (χ3n) is 2.31. The van der Waals surface area contributed by atoms with Gasteiger partial charge in [0.25, 0.3) is 6.43 Å². The van der Waals surface area contributed by atoms with Crippen LogP contribution < -0.4 is 5.32 Å². The molecule has 0 fully saturated rings. The molecule has 3 heteroatoms. The molecule has 0 aliphatic carbocycles. The second-order valence-corrected chi connectivity index (χ2v) is 3.64. The van der Waals surface area contributed by atoms with E-state index in [9.17, 15) is 8.78 Å². The summed E-state index contributed by atoms with van der Waals surface area (Å²) in [6, 6.07) is -0.616. The average molecular weight is 193 g/mol. The van der Waals surface area contributed by atoms with Crippen LogP contribution in [0.15, 0.2) is 0 Å². The van der Waals surface area contributed by atoms with Crippen LogP contribution in [0.1, 0.15) is 40.0 Å². The van der Waals surface area contributed by atoms with Gasteiger partial charge in [-0.3, -0.25) is 0 Å². The maximum Gasteiger partial charge on any atom is 0.253 e. The van der Waals surface area contributed by atoms with Gasteiger partial charge in [-0.2, -0.15) is 0 Å². The Kier molecular flexibility index (Phi) is 7.14. The Morgan fingerprint density at radius 2 is 1.85 bits per heavy atom. The van der Waals surface area contributed by atoms with E-state index in [1.807, 2.05) is 20.8 Å². The van der Waals surface area contributed by atoms with E-state index < -0.39 is 12.5 Å². The zero-order chi connectivity index (χ0) is 10.3. The number of rotatable bonds is 7. The Balaban J connectivity index is 3.79. The number of halogens is 2. The molecule has 0 saturated heterocycles. The van der Waals surface area contributed by atoms with Gasteiger partial charge in [-0.05, 0) is 25.3 Å². The maximum atomic E-state index is 12.5. The Morgan fingerprint density at radius 1 is 1.23 bits per heavy atom. The standard InChI is InChI=1S/C10H21F2N/c1-4-6-13-9(10(11)12)7-8(3)5-2/h8-10,13H,4-7H2,1-3H3. The van der Waals surface area contributed by atoms with Crippen molar-refractivity contribution in [3.8, 4) is 0 Å². The van der Waals surface area contributed by atoms with Gasteiger partial charge in [0, 0.05) is 0 Å². The van der Waals surface area contributed by atoms with Crippen molar-refractivity contribution < 1.29 is 8.78 Å². The summed E-state index contributed by atoms with van der Waals surface area (Å²) >= 11 is 0. The minimum absolute atomic E-state index is 0.378. The highest BCUT2D eigenvalue weighted by atomic mass is 19.3. The van der Waals surface area contributed by atoms with Gasteiger partial charge in [-0.15, -0.1) is 0 Å². The SMILES string of the molecule is CCCNC(CC(C)CC)C(F)F. The van der Waals surface area contributed by atoms with Crippen LogP contribution in [-0.2, 0) is 0 Å². The molecule has 1 nitrogen and oxygen atoms in total. The summed E-state index contributed by atoms with van der Waals surface area (Å²) in [7, 11) is 0. The van der Waals surface area contributed by atoms with Crippen molar-refractivity contribution in [2.75, 3.05) is 6.54 Å². The smallest absolute Gasteiger partial charge is 0.253 e. The summed E-state index contributed by atoms with van der Waals surface area (Å²) in [4.78, 5) is 0. The summed E-state index contributed by atoms with van der Waals surface area (Å²) in [5, 5.41) is 2.88. The lowest BCUT2D eigenvalue weighted by atomic mass is 9.99. The summed E-state index contributed by atoms with van der Waals surface area (Å²) in [5.41, 5.74) is 0. The van der Waals surface area contributed by atoms with Crippen LogP contribution >= 0.6 is 0 Å². The Hall–Kier alpha value is -0.180. The van der Waals surface area contributed by atoms with E-state index in [-0.39, 0.29) is 0 Å². The average Bonchev–Trinajstić information content (AvgIpc) is 2.11. The van der Waals surface area contributed by atoms with Crippen LogP contribution in [0, 0.1) is 5.92 Å². The van der Waals surface area contributed by atoms with Crippen LogP contribution in [0.4, 0.5) is 8.78 Å². The first-order chi connectivity index (χ1) is 6.11. The van der Waals surface area contributed by atoms with Gasteiger partial charge in [0.15, 0.2) is 0 Å². The molecule has 1 N–H and O–H groups in total. The van der Waals surface area contributed by atoms with Gasteiger partial charge in [0.05, 0.1) is 6.04 Å². The second-order valence-electron chi connectivity index (χ2n) is 3.64. The van der Waals surface area contributed by atoms with Crippen molar-refractivity contribution >= 4 is 0 Å². The molecular formula is C10H21F2N. The fraction of sp³-hybridized carbons (Fsp3) is 1.00. The van der Waals surface area contributed by atoms with Crippen molar-refractivity contribution in [2.24, 2.45) is 5.92 Å². The summed E-state index contributed by atoms with van der Waals surface area (Å²) in [6.07, 6.45) is 0.218. The van der Waals surface area contributed by atoms with Gasteiger partial charge < -0.3 is 5.32 Å². The van der Waals surface area contributed by atoms with Gasteiger partial charge >= 0.3 is 0 Å². The number of alkyl halides is 2. The highest BCUT2D eigenvalue weighted by Gasteiger charge is 2.20. The molecule has 0 spiro atoms. The van der Waals surface area contributed by atoms with Crippen molar-refractivity contribution in [2.45, 2.75) is 52.5 Å². The molecule has 2 atom stereocenters. The maximum absolute atomic E-state index is 12.5. The Morgan fingerprint density at radius 3 is 2.23 bits per heavy atom. The van der Waals surface area contributed by atoms with Gasteiger partial charge in [-0.25, -0.2) is 8.78 Å². The van der Waals surface area contributed by atoms with Crippen LogP contribution in [0.2, 0.25) is 0 Å². The Labute approximate surface area is 79.9 Å². The molecule has 0 heterocycles. The largest absolute Gasteiger partial charge is 0.309 e. The lowest BCUT2D eigenvalue weighted by Crippen LogP contribution is -2.37. The fourth-order valence-electron chi connectivity index (χ4n) is 1.21. The first-order valence-corrected chi connectivity index (χ1v) is 5.13. The molecule has 0 aliphatic heterocycles. The van der Waals surface area contributed by atoms with E-state index in [1.165, 1.54) is 0 Å². The molecule has 0 aromatic rings. The third kappa shape index (κ3) is 5.97. The normalized spacial score (nSPS) is 16.2. The third-order valence-corrected chi connectivity index (χ3v) is 2.31. The lowest BCUT2D eigenvalue weighted by Gasteiger charge is -2.20. The highest BCUT2D eigenvalue weighted by Crippen LogP contribution is 2.14. The Bertz CT molecular complexity index is 117. The molecular weight excluding hydrogens is 172 g/mol. The van der Waals surface area contributed by atoms with Gasteiger partial charge in [0.1, 0.15) is 0 Å². The highest BCUT2D eigenvalue weighted by molar-refractivity contribution is 4.71. The minimum Gasteiger partial charge on any atom is -0.309 e. The molecule has 80 valence electrons. The molecule has 13 heavy (non-hydrogen) atoms. The predicted molar refractivity (Wildman–Crippen MR) is 52.2 cm³/mol. The van der Waals surface area contributed by atoms with E-state index >= 15 is 0 Å². The van der Waals surface area contributed by atoms with Crippen LogP contribution in [0.25, 0.3) is 0 Å². The van der Waals surface area contributed by atoms with E-state index in [0.717, 1.165) is 12.8 Å². The minimum atomic E-state index is -2.24. The zero-order valence-electron chi connectivity index (χ0n) is 8.82. The first kappa shape index (κ1) is 12.8. The molecule has 0 aromatic carbocycles. The van der Waals surface area contributed by atoms with E-state index in [1.54, 1.807) is 0 Å². The molecule has 0 amide bonds. The molecule has 0 radical (unpaired) electrons. The first-order valence-electron chi connectivity index (χ1n) is 5.13. The van der Waals surface area contributed by atoms with Crippen LogP contribution in [-0.4, -0.2) is 19.0 Å². The zero-order valence-corrected chi connectivity index (χ0v) is 8.82. The lowest BCUT2D eigenvalue weighted by molar-refractivity contribution is 0.0865. The van der Waals surface area contributed by atoms with Crippen molar-refractivity contribution in [1.29, 1.82) is 0 Å². The number of hydrogen-bond donors (Lipinski definition) is 1. The van der Waals surface area contributed by atoms with E-state index in [0.29, 0.717) is 18.9 Å². The van der Waals surface area contributed by atoms with Crippen LogP contribution in [0.3, 0.4) is 0 Å². The number of nitrogens with one attached hydrogen (secondary N) is 1. The second kappa shape index (κ2) is 7.25. The van der Waals surface area contributed by atoms with Crippen molar-refractivity contribution in [1.82, 2.24) is 5.32 Å². The molecule has 0 rings (SSSR count). The summed E-state index contributed by atoms with van der Waals surface area (Å²) in [6.45, 7) is 6.72. The van der Waals surface area contributed by atoms with Gasteiger partial charge in [-0.1, -0.05) is 27.2 Å². The number of hydrogen-bond acceptors (Lipinski definition) is 1. The summed E-state index contributed by atoms with van der Waals surface area (Å²) in [5.74, 6) is 0.378. The van der Waals surface area contributed by atoms with Gasteiger partial charge in [0.2, 0.25) is 0 Å². The molecule has 0 bridgehead atoms.